The zero-order valence-electron chi connectivity index (χ0n) is 8.59. The Hall–Kier alpha value is -1.42. The summed E-state index contributed by atoms with van der Waals surface area (Å²) in [7, 11) is 0. The summed E-state index contributed by atoms with van der Waals surface area (Å²) in [6, 6.07) is 4.03. The molecule has 1 aromatic rings. The Labute approximate surface area is 89.5 Å². The van der Waals surface area contributed by atoms with Crippen LogP contribution in [0.4, 0.5) is 5.69 Å². The van der Waals surface area contributed by atoms with Crippen LogP contribution in [0, 0.1) is 0 Å². The van der Waals surface area contributed by atoms with E-state index in [0.717, 1.165) is 26.2 Å². The highest BCUT2D eigenvalue weighted by Gasteiger charge is 2.16. The van der Waals surface area contributed by atoms with Gasteiger partial charge in [-0.15, -0.1) is 0 Å². The summed E-state index contributed by atoms with van der Waals surface area (Å²) in [6.45, 7) is 4.22. The molecule has 1 radical (unpaired) electrons. The van der Waals surface area contributed by atoms with Gasteiger partial charge in [0.25, 0.3) is 0 Å². The van der Waals surface area contributed by atoms with Crippen molar-refractivity contribution in [3.05, 3.63) is 24.5 Å². The highest BCUT2D eigenvalue weighted by molar-refractivity contribution is 5.53. The molecule has 0 saturated carbocycles. The first-order valence-corrected chi connectivity index (χ1v) is 5.12. The summed E-state index contributed by atoms with van der Waals surface area (Å²) in [6.07, 6.45) is 5.55. The average molecular weight is 204 g/mol. The molecule has 0 aromatic carbocycles. The molecule has 0 atom stereocenters. The van der Waals surface area contributed by atoms with E-state index in [-0.39, 0.29) is 0 Å². The molecule has 1 saturated heterocycles. The van der Waals surface area contributed by atoms with E-state index in [2.05, 4.69) is 14.8 Å². The summed E-state index contributed by atoms with van der Waals surface area (Å²) in [4.78, 5) is 18.7. The van der Waals surface area contributed by atoms with Gasteiger partial charge >= 0.3 is 0 Å². The molecular formula is C11H14N3O. The number of hydrogen-bond donors (Lipinski definition) is 0. The maximum absolute atomic E-state index is 10.2. The van der Waals surface area contributed by atoms with Crippen molar-refractivity contribution in [3.63, 3.8) is 0 Å². The molecule has 1 aliphatic heterocycles. The van der Waals surface area contributed by atoms with Gasteiger partial charge in [0.2, 0.25) is 6.29 Å². The predicted octanol–water partition coefficient (Wildman–Crippen LogP) is 0.313. The van der Waals surface area contributed by atoms with E-state index in [1.165, 1.54) is 5.69 Å². The maximum atomic E-state index is 10.2. The topological polar surface area (TPSA) is 36.4 Å². The predicted molar refractivity (Wildman–Crippen MR) is 58.6 cm³/mol. The van der Waals surface area contributed by atoms with Gasteiger partial charge in [0, 0.05) is 44.3 Å². The summed E-state index contributed by atoms with van der Waals surface area (Å²) in [5.74, 6) is 0. The standard InChI is InChI=1S/C11H14N3O/c15-10-9-13-5-7-14(8-6-13)11-1-3-12-4-2-11/h1-4H,5-9H2. The highest BCUT2D eigenvalue weighted by atomic mass is 16.1. The van der Waals surface area contributed by atoms with Gasteiger partial charge in [0.15, 0.2) is 0 Å². The number of carbonyl (C=O) groups excluding carboxylic acids is 1. The molecule has 1 fully saturated rings. The Bertz CT molecular complexity index is 307. The largest absolute Gasteiger partial charge is 0.369 e. The normalized spacial score (nSPS) is 17.7. The van der Waals surface area contributed by atoms with Crippen LogP contribution in [0.2, 0.25) is 0 Å². The summed E-state index contributed by atoms with van der Waals surface area (Å²) >= 11 is 0. The van der Waals surface area contributed by atoms with Gasteiger partial charge in [-0.05, 0) is 12.1 Å². The SMILES string of the molecule is O=[C]CN1CCN(c2ccncc2)CC1. The Morgan fingerprint density at radius 3 is 2.47 bits per heavy atom. The third kappa shape index (κ3) is 2.53. The van der Waals surface area contributed by atoms with Crippen LogP contribution in [-0.2, 0) is 4.79 Å². The number of anilines is 1. The van der Waals surface area contributed by atoms with Crippen LogP contribution >= 0.6 is 0 Å². The fourth-order valence-electron chi connectivity index (χ4n) is 1.81. The molecular weight excluding hydrogens is 190 g/mol. The van der Waals surface area contributed by atoms with Crippen molar-refractivity contribution in [2.75, 3.05) is 37.6 Å². The number of pyridine rings is 1. The minimum Gasteiger partial charge on any atom is -0.369 e. The molecule has 2 heterocycles. The Balaban J connectivity index is 1.91. The lowest BCUT2D eigenvalue weighted by atomic mass is 10.2. The Morgan fingerprint density at radius 2 is 1.87 bits per heavy atom. The average Bonchev–Trinajstić information content (AvgIpc) is 2.32. The van der Waals surface area contributed by atoms with E-state index in [9.17, 15) is 4.79 Å². The van der Waals surface area contributed by atoms with Crippen LogP contribution in [0.5, 0.6) is 0 Å². The van der Waals surface area contributed by atoms with Gasteiger partial charge in [0.1, 0.15) is 0 Å². The van der Waals surface area contributed by atoms with E-state index >= 15 is 0 Å². The zero-order chi connectivity index (χ0) is 10.5. The van der Waals surface area contributed by atoms with Crippen LogP contribution < -0.4 is 4.90 Å². The van der Waals surface area contributed by atoms with Crippen LogP contribution in [-0.4, -0.2) is 48.9 Å². The second-order valence-corrected chi connectivity index (χ2v) is 3.61. The molecule has 0 unspecified atom stereocenters. The molecule has 2 rings (SSSR count). The first-order valence-electron chi connectivity index (χ1n) is 5.12. The molecule has 0 bridgehead atoms. The van der Waals surface area contributed by atoms with Crippen LogP contribution in [0.1, 0.15) is 0 Å². The van der Waals surface area contributed by atoms with Crippen molar-refractivity contribution < 1.29 is 4.79 Å². The Morgan fingerprint density at radius 1 is 1.20 bits per heavy atom. The smallest absolute Gasteiger partial charge is 0.213 e. The van der Waals surface area contributed by atoms with Gasteiger partial charge in [-0.3, -0.25) is 14.7 Å². The summed E-state index contributed by atoms with van der Waals surface area (Å²) in [5, 5.41) is 0. The fraction of sp³-hybridized carbons (Fsp3) is 0.455. The van der Waals surface area contributed by atoms with Gasteiger partial charge < -0.3 is 4.90 Å². The molecule has 0 spiro atoms. The number of aromatic nitrogens is 1. The molecule has 1 aliphatic rings. The van der Waals surface area contributed by atoms with Gasteiger partial charge in [-0.25, -0.2) is 0 Å². The van der Waals surface area contributed by atoms with Crippen molar-refractivity contribution in [2.24, 2.45) is 0 Å². The van der Waals surface area contributed by atoms with E-state index in [4.69, 9.17) is 0 Å². The van der Waals surface area contributed by atoms with E-state index in [0.29, 0.717) is 6.54 Å². The van der Waals surface area contributed by atoms with Crippen molar-refractivity contribution in [1.29, 1.82) is 0 Å². The van der Waals surface area contributed by atoms with Crippen LogP contribution in [0.25, 0.3) is 0 Å². The second kappa shape index (κ2) is 4.89. The first kappa shape index (κ1) is 10.1. The number of rotatable bonds is 3. The fourth-order valence-corrected chi connectivity index (χ4v) is 1.81. The molecule has 0 aliphatic carbocycles. The Kier molecular flexibility index (Phi) is 3.29. The van der Waals surface area contributed by atoms with E-state index in [1.54, 1.807) is 12.4 Å². The third-order valence-corrected chi connectivity index (χ3v) is 2.69. The van der Waals surface area contributed by atoms with Crippen molar-refractivity contribution in [1.82, 2.24) is 9.88 Å². The number of hydrogen-bond acceptors (Lipinski definition) is 4. The maximum Gasteiger partial charge on any atom is 0.213 e. The lowest BCUT2D eigenvalue weighted by Gasteiger charge is -2.34. The molecule has 0 amide bonds. The molecule has 1 aromatic heterocycles. The van der Waals surface area contributed by atoms with E-state index in [1.807, 2.05) is 18.4 Å². The van der Waals surface area contributed by atoms with Crippen molar-refractivity contribution >= 4 is 12.0 Å². The minimum atomic E-state index is 0.435. The van der Waals surface area contributed by atoms with Gasteiger partial charge in [-0.2, -0.15) is 0 Å². The van der Waals surface area contributed by atoms with Crippen LogP contribution in [0.15, 0.2) is 24.5 Å². The monoisotopic (exact) mass is 204 g/mol. The quantitative estimate of drug-likeness (QED) is 0.710. The van der Waals surface area contributed by atoms with Gasteiger partial charge in [0.05, 0.1) is 6.54 Å². The molecule has 4 nitrogen and oxygen atoms in total. The highest BCUT2D eigenvalue weighted by Crippen LogP contribution is 2.14. The first-order chi connectivity index (χ1) is 7.40. The molecule has 4 heteroatoms. The van der Waals surface area contributed by atoms with E-state index < -0.39 is 0 Å². The number of piperazine rings is 1. The zero-order valence-corrected chi connectivity index (χ0v) is 8.59. The molecule has 0 N–H and O–H groups in total. The van der Waals surface area contributed by atoms with Crippen LogP contribution in [0.3, 0.4) is 0 Å². The minimum absolute atomic E-state index is 0.435. The molecule has 79 valence electrons. The van der Waals surface area contributed by atoms with Gasteiger partial charge in [-0.1, -0.05) is 0 Å². The number of nitrogens with zero attached hydrogens (tertiary/aromatic N) is 3. The lowest BCUT2D eigenvalue weighted by Crippen LogP contribution is -2.46. The second-order valence-electron chi connectivity index (χ2n) is 3.61. The third-order valence-electron chi connectivity index (χ3n) is 2.69. The van der Waals surface area contributed by atoms with Crippen molar-refractivity contribution in [2.45, 2.75) is 0 Å². The summed E-state index contributed by atoms with van der Waals surface area (Å²) in [5.41, 5.74) is 1.21. The molecule has 15 heavy (non-hydrogen) atoms. The van der Waals surface area contributed by atoms with Crippen molar-refractivity contribution in [3.8, 4) is 0 Å². The summed E-state index contributed by atoms with van der Waals surface area (Å²) < 4.78 is 0. The lowest BCUT2D eigenvalue weighted by molar-refractivity contribution is 0.288.